The minimum atomic E-state index is 0.257. The van der Waals surface area contributed by atoms with Crippen LogP contribution in [0.1, 0.15) is 19.3 Å². The van der Waals surface area contributed by atoms with Crippen LogP contribution in [0.15, 0.2) is 24.3 Å². The summed E-state index contributed by atoms with van der Waals surface area (Å²) < 4.78 is 15.8. The van der Waals surface area contributed by atoms with Gasteiger partial charge in [0.25, 0.3) is 0 Å². The number of ether oxygens (including phenoxy) is 3. The molecule has 0 amide bonds. The van der Waals surface area contributed by atoms with E-state index in [1.165, 1.54) is 24.9 Å². The third-order valence-electron chi connectivity index (χ3n) is 4.08. The third-order valence-corrected chi connectivity index (χ3v) is 4.08. The van der Waals surface area contributed by atoms with Crippen molar-refractivity contribution >= 4 is 5.69 Å². The highest BCUT2D eigenvalue weighted by Gasteiger charge is 2.45. The molecule has 2 fully saturated rings. The van der Waals surface area contributed by atoms with Crippen molar-refractivity contribution < 1.29 is 14.2 Å². The maximum absolute atomic E-state index is 5.46. The summed E-state index contributed by atoms with van der Waals surface area (Å²) in [4.78, 5) is 2.51. The standard InChI is InChI=1S/C15H21NO3/c1-17-12-19-14-6-4-13(5-7-14)16-9-3-2-8-15(16)10-18-11-15/h4-7H,2-3,8-12H2,1H3. The summed E-state index contributed by atoms with van der Waals surface area (Å²) in [6, 6.07) is 8.29. The second-order valence-corrected chi connectivity index (χ2v) is 5.37. The first kappa shape index (κ1) is 12.8. The highest BCUT2D eigenvalue weighted by molar-refractivity contribution is 5.52. The molecule has 4 nitrogen and oxygen atoms in total. The van der Waals surface area contributed by atoms with Gasteiger partial charge in [0.2, 0.25) is 0 Å². The third kappa shape index (κ3) is 2.42. The lowest BCUT2D eigenvalue weighted by atomic mass is 9.84. The topological polar surface area (TPSA) is 30.9 Å². The van der Waals surface area contributed by atoms with Crippen LogP contribution < -0.4 is 9.64 Å². The van der Waals surface area contributed by atoms with Gasteiger partial charge in [0.05, 0.1) is 18.8 Å². The molecule has 3 rings (SSSR count). The molecule has 2 heterocycles. The van der Waals surface area contributed by atoms with Crippen molar-refractivity contribution in [1.82, 2.24) is 0 Å². The van der Waals surface area contributed by atoms with Crippen molar-refractivity contribution in [2.45, 2.75) is 24.8 Å². The molecule has 2 aliphatic heterocycles. The van der Waals surface area contributed by atoms with E-state index < -0.39 is 0 Å². The van der Waals surface area contributed by atoms with Crippen LogP contribution in [0.25, 0.3) is 0 Å². The zero-order chi connectivity index (χ0) is 13.1. The summed E-state index contributed by atoms with van der Waals surface area (Å²) in [7, 11) is 1.63. The molecule has 2 aliphatic rings. The van der Waals surface area contributed by atoms with Crippen LogP contribution in [0.2, 0.25) is 0 Å². The van der Waals surface area contributed by atoms with E-state index in [1.807, 2.05) is 12.1 Å². The van der Waals surface area contributed by atoms with E-state index in [0.29, 0.717) is 6.79 Å². The van der Waals surface area contributed by atoms with Gasteiger partial charge in [-0.3, -0.25) is 0 Å². The van der Waals surface area contributed by atoms with Crippen LogP contribution in [0, 0.1) is 0 Å². The number of hydrogen-bond acceptors (Lipinski definition) is 4. The van der Waals surface area contributed by atoms with Gasteiger partial charge in [0, 0.05) is 19.3 Å². The molecule has 0 aliphatic carbocycles. The van der Waals surface area contributed by atoms with Gasteiger partial charge in [-0.25, -0.2) is 0 Å². The van der Waals surface area contributed by atoms with Crippen LogP contribution >= 0.6 is 0 Å². The Hall–Kier alpha value is -1.26. The minimum Gasteiger partial charge on any atom is -0.468 e. The number of nitrogens with zero attached hydrogens (tertiary/aromatic N) is 1. The Morgan fingerprint density at radius 1 is 1.21 bits per heavy atom. The van der Waals surface area contributed by atoms with Crippen molar-refractivity contribution in [3.63, 3.8) is 0 Å². The smallest absolute Gasteiger partial charge is 0.188 e. The van der Waals surface area contributed by atoms with Gasteiger partial charge in [-0.1, -0.05) is 0 Å². The molecule has 4 heteroatoms. The molecule has 2 saturated heterocycles. The predicted molar refractivity (Wildman–Crippen MR) is 73.7 cm³/mol. The van der Waals surface area contributed by atoms with Gasteiger partial charge in [-0.05, 0) is 43.5 Å². The average Bonchev–Trinajstić information content (AvgIpc) is 2.44. The van der Waals surface area contributed by atoms with Crippen LogP contribution in [0.3, 0.4) is 0 Å². The second-order valence-electron chi connectivity index (χ2n) is 5.37. The number of hydrogen-bond donors (Lipinski definition) is 0. The molecule has 1 aromatic carbocycles. The van der Waals surface area contributed by atoms with E-state index in [9.17, 15) is 0 Å². The van der Waals surface area contributed by atoms with Crippen molar-refractivity contribution in [2.75, 3.05) is 38.6 Å². The molecule has 0 unspecified atom stereocenters. The number of methoxy groups -OCH3 is 1. The summed E-state index contributed by atoms with van der Waals surface area (Å²) in [6.45, 7) is 3.16. The van der Waals surface area contributed by atoms with Crippen LogP contribution in [-0.2, 0) is 9.47 Å². The van der Waals surface area contributed by atoms with Gasteiger partial charge in [0.1, 0.15) is 5.75 Å². The molecular formula is C15H21NO3. The predicted octanol–water partition coefficient (Wildman–Crippen LogP) is 2.43. The van der Waals surface area contributed by atoms with E-state index in [4.69, 9.17) is 14.2 Å². The van der Waals surface area contributed by atoms with Gasteiger partial charge in [0.15, 0.2) is 6.79 Å². The fraction of sp³-hybridized carbons (Fsp3) is 0.600. The van der Waals surface area contributed by atoms with Gasteiger partial charge in [-0.15, -0.1) is 0 Å². The Labute approximate surface area is 114 Å². The summed E-state index contributed by atoms with van der Waals surface area (Å²) in [5.41, 5.74) is 1.53. The zero-order valence-corrected chi connectivity index (χ0v) is 11.4. The molecule has 104 valence electrons. The SMILES string of the molecule is COCOc1ccc(N2CCCCC23COC3)cc1. The second kappa shape index (κ2) is 5.39. The quantitative estimate of drug-likeness (QED) is 0.781. The van der Waals surface area contributed by atoms with E-state index in [0.717, 1.165) is 25.5 Å². The number of rotatable bonds is 4. The first-order chi connectivity index (χ1) is 9.34. The number of anilines is 1. The summed E-state index contributed by atoms with van der Waals surface area (Å²) >= 11 is 0. The lowest BCUT2D eigenvalue weighted by Crippen LogP contribution is -2.64. The largest absolute Gasteiger partial charge is 0.468 e. The molecule has 0 bridgehead atoms. The van der Waals surface area contributed by atoms with Crippen molar-refractivity contribution in [2.24, 2.45) is 0 Å². The van der Waals surface area contributed by atoms with E-state index >= 15 is 0 Å². The lowest BCUT2D eigenvalue weighted by Gasteiger charge is -2.53. The average molecular weight is 263 g/mol. The number of piperidine rings is 1. The molecule has 0 saturated carbocycles. The number of benzene rings is 1. The van der Waals surface area contributed by atoms with Crippen LogP contribution in [-0.4, -0.2) is 39.2 Å². The van der Waals surface area contributed by atoms with E-state index in [1.54, 1.807) is 7.11 Å². The monoisotopic (exact) mass is 263 g/mol. The van der Waals surface area contributed by atoms with Gasteiger partial charge >= 0.3 is 0 Å². The Morgan fingerprint density at radius 3 is 2.63 bits per heavy atom. The van der Waals surface area contributed by atoms with Crippen LogP contribution in [0.5, 0.6) is 5.75 Å². The molecule has 1 spiro atoms. The summed E-state index contributed by atoms with van der Waals surface area (Å²) in [5.74, 6) is 0.849. The molecule has 19 heavy (non-hydrogen) atoms. The summed E-state index contributed by atoms with van der Waals surface area (Å²) in [6.07, 6.45) is 3.83. The van der Waals surface area contributed by atoms with Crippen molar-refractivity contribution in [1.29, 1.82) is 0 Å². The van der Waals surface area contributed by atoms with E-state index in [-0.39, 0.29) is 5.54 Å². The fourth-order valence-electron chi connectivity index (χ4n) is 2.99. The molecule has 0 N–H and O–H groups in total. The molecule has 1 aromatic rings. The molecule has 0 radical (unpaired) electrons. The van der Waals surface area contributed by atoms with Gasteiger partial charge in [-0.2, -0.15) is 0 Å². The fourth-order valence-corrected chi connectivity index (χ4v) is 2.99. The first-order valence-corrected chi connectivity index (χ1v) is 6.91. The molecular weight excluding hydrogens is 242 g/mol. The van der Waals surface area contributed by atoms with Crippen molar-refractivity contribution in [3.8, 4) is 5.75 Å². The Bertz CT molecular complexity index is 414. The van der Waals surface area contributed by atoms with Crippen molar-refractivity contribution in [3.05, 3.63) is 24.3 Å². The normalized spacial score (nSPS) is 21.2. The summed E-state index contributed by atoms with van der Waals surface area (Å²) in [5, 5.41) is 0. The van der Waals surface area contributed by atoms with Crippen LogP contribution in [0.4, 0.5) is 5.69 Å². The zero-order valence-electron chi connectivity index (χ0n) is 11.4. The highest BCUT2D eigenvalue weighted by Crippen LogP contribution is 2.38. The minimum absolute atomic E-state index is 0.257. The van der Waals surface area contributed by atoms with E-state index in [2.05, 4.69) is 17.0 Å². The molecule has 0 atom stereocenters. The highest BCUT2D eigenvalue weighted by atomic mass is 16.7. The molecule has 0 aromatic heterocycles. The van der Waals surface area contributed by atoms with Gasteiger partial charge < -0.3 is 19.1 Å². The Balaban J connectivity index is 1.73. The first-order valence-electron chi connectivity index (χ1n) is 6.91. The Kier molecular flexibility index (Phi) is 3.62. The maximum Gasteiger partial charge on any atom is 0.188 e. The lowest BCUT2D eigenvalue weighted by molar-refractivity contribution is -0.0682. The Morgan fingerprint density at radius 2 is 2.00 bits per heavy atom. The maximum atomic E-state index is 5.46.